The summed E-state index contributed by atoms with van der Waals surface area (Å²) in [6, 6.07) is 7.87. The van der Waals surface area contributed by atoms with Crippen molar-refractivity contribution < 1.29 is 14.3 Å². The van der Waals surface area contributed by atoms with Crippen molar-refractivity contribution in [2.75, 3.05) is 20.1 Å². The van der Waals surface area contributed by atoms with Crippen LogP contribution in [0.2, 0.25) is 0 Å². The summed E-state index contributed by atoms with van der Waals surface area (Å²) in [5, 5.41) is 6.39. The maximum Gasteiger partial charge on any atom is 0.229 e. The Kier molecular flexibility index (Phi) is 9.71. The number of rotatable bonds is 6. The van der Waals surface area contributed by atoms with Crippen molar-refractivity contribution in [2.45, 2.75) is 52.2 Å². The topological polar surface area (TPSA) is 83.0 Å². The number of nitrogens with one attached hydrogen (secondary N) is 2. The second-order valence-corrected chi connectivity index (χ2v) is 7.47. The molecule has 0 atom stereocenters. The molecule has 2 N–H and O–H groups in total. The highest BCUT2D eigenvalue weighted by Crippen LogP contribution is 2.22. The Morgan fingerprint density at radius 3 is 2.39 bits per heavy atom. The van der Waals surface area contributed by atoms with Crippen LogP contribution in [0.3, 0.4) is 0 Å². The van der Waals surface area contributed by atoms with E-state index in [0.717, 1.165) is 11.3 Å². The highest BCUT2D eigenvalue weighted by Gasteiger charge is 2.25. The Morgan fingerprint density at radius 1 is 1.14 bits per heavy atom. The van der Waals surface area contributed by atoms with Gasteiger partial charge in [-0.3, -0.25) is 19.5 Å². The van der Waals surface area contributed by atoms with Gasteiger partial charge in [0.25, 0.3) is 0 Å². The molecule has 0 bridgehead atoms. The van der Waals surface area contributed by atoms with E-state index >= 15 is 0 Å². The number of carbonyl (C=O) groups excluding carboxylic acids is 2. The summed E-state index contributed by atoms with van der Waals surface area (Å²) in [5.41, 5.74) is 0.751. The molecule has 0 radical (unpaired) electrons. The van der Waals surface area contributed by atoms with Crippen molar-refractivity contribution >= 4 is 41.8 Å². The van der Waals surface area contributed by atoms with Crippen LogP contribution in [0.25, 0.3) is 0 Å². The molecule has 0 spiro atoms. The van der Waals surface area contributed by atoms with Gasteiger partial charge in [-0.1, -0.05) is 18.2 Å². The van der Waals surface area contributed by atoms with E-state index in [1.54, 1.807) is 7.05 Å². The van der Waals surface area contributed by atoms with Crippen molar-refractivity contribution in [3.8, 4) is 5.75 Å². The molecule has 2 rings (SSSR count). The molecular formula is C20H31IN4O3. The quantitative estimate of drug-likeness (QED) is 0.271. The summed E-state index contributed by atoms with van der Waals surface area (Å²) < 4.78 is 6.00. The molecule has 1 aliphatic heterocycles. The zero-order valence-corrected chi connectivity index (χ0v) is 19.4. The van der Waals surface area contributed by atoms with E-state index in [9.17, 15) is 9.59 Å². The monoisotopic (exact) mass is 502 g/mol. The van der Waals surface area contributed by atoms with Crippen molar-refractivity contribution in [3.63, 3.8) is 0 Å². The van der Waals surface area contributed by atoms with Crippen LogP contribution in [0.5, 0.6) is 5.75 Å². The van der Waals surface area contributed by atoms with Crippen molar-refractivity contribution in [1.29, 1.82) is 0 Å². The van der Waals surface area contributed by atoms with Gasteiger partial charge in [0.05, 0.1) is 0 Å². The molecule has 1 aliphatic rings. The Morgan fingerprint density at radius 2 is 1.79 bits per heavy atom. The van der Waals surface area contributed by atoms with Gasteiger partial charge < -0.3 is 15.4 Å². The van der Waals surface area contributed by atoms with Crippen molar-refractivity contribution in [1.82, 2.24) is 15.5 Å². The molecule has 156 valence electrons. The summed E-state index contributed by atoms with van der Waals surface area (Å²) in [5.74, 6) is 1.25. The molecule has 0 saturated carbocycles. The molecule has 7 nitrogen and oxygen atoms in total. The Balaban J connectivity index is 0.00000392. The van der Waals surface area contributed by atoms with E-state index < -0.39 is 0 Å². The van der Waals surface area contributed by atoms with E-state index in [1.165, 1.54) is 4.90 Å². The first kappa shape index (κ1) is 24.2. The standard InChI is InChI=1S/C20H30N4O3.HI/c1-20(2,3)27-16-9-6-5-8-15(16)14-23-19(21-4)22-12-13-24-17(25)10-7-11-18(24)26;/h5-6,8-9H,7,10-14H2,1-4H3,(H2,21,22,23);1H. The molecule has 1 aromatic rings. The van der Waals surface area contributed by atoms with Gasteiger partial charge in [-0.2, -0.15) is 0 Å². The van der Waals surface area contributed by atoms with Gasteiger partial charge in [0, 0.05) is 45.1 Å². The number of guanidine groups is 1. The number of benzene rings is 1. The van der Waals surface area contributed by atoms with Gasteiger partial charge in [0.1, 0.15) is 11.4 Å². The molecule has 1 heterocycles. The lowest BCUT2D eigenvalue weighted by atomic mass is 10.1. The zero-order valence-electron chi connectivity index (χ0n) is 17.1. The summed E-state index contributed by atoms with van der Waals surface area (Å²) in [7, 11) is 1.68. The highest BCUT2D eigenvalue weighted by molar-refractivity contribution is 14.0. The van der Waals surface area contributed by atoms with Crippen LogP contribution in [-0.4, -0.2) is 48.4 Å². The van der Waals surface area contributed by atoms with Gasteiger partial charge in [-0.15, -0.1) is 24.0 Å². The van der Waals surface area contributed by atoms with Crippen LogP contribution < -0.4 is 15.4 Å². The second kappa shape index (κ2) is 11.2. The molecule has 28 heavy (non-hydrogen) atoms. The Hall–Kier alpha value is -1.84. The summed E-state index contributed by atoms with van der Waals surface area (Å²) in [4.78, 5) is 29.2. The van der Waals surface area contributed by atoms with E-state index in [-0.39, 0.29) is 41.4 Å². The molecule has 8 heteroatoms. The third-order valence-corrected chi connectivity index (χ3v) is 4.07. The smallest absolute Gasteiger partial charge is 0.229 e. The predicted molar refractivity (Wildman–Crippen MR) is 121 cm³/mol. The minimum Gasteiger partial charge on any atom is -0.488 e. The molecule has 0 aromatic heterocycles. The van der Waals surface area contributed by atoms with Gasteiger partial charge in [-0.25, -0.2) is 0 Å². The van der Waals surface area contributed by atoms with Gasteiger partial charge in [-0.05, 0) is 33.3 Å². The van der Waals surface area contributed by atoms with Crippen LogP contribution in [0.4, 0.5) is 0 Å². The second-order valence-electron chi connectivity index (χ2n) is 7.47. The fraction of sp³-hybridized carbons (Fsp3) is 0.550. The molecule has 1 saturated heterocycles. The molecule has 1 aromatic carbocycles. The summed E-state index contributed by atoms with van der Waals surface area (Å²) in [6.45, 7) is 7.40. The summed E-state index contributed by atoms with van der Waals surface area (Å²) >= 11 is 0. The van der Waals surface area contributed by atoms with Gasteiger partial charge in [0.2, 0.25) is 11.8 Å². The van der Waals surface area contributed by atoms with Gasteiger partial charge >= 0.3 is 0 Å². The maximum atomic E-state index is 11.8. The number of para-hydroxylation sites is 1. The lowest BCUT2D eigenvalue weighted by Crippen LogP contribution is -2.46. The lowest BCUT2D eigenvalue weighted by Gasteiger charge is -2.25. The highest BCUT2D eigenvalue weighted by atomic mass is 127. The third-order valence-electron chi connectivity index (χ3n) is 4.07. The number of halogens is 1. The van der Waals surface area contributed by atoms with Gasteiger partial charge in [0.15, 0.2) is 5.96 Å². The zero-order chi connectivity index (χ0) is 19.9. The largest absolute Gasteiger partial charge is 0.488 e. The van der Waals surface area contributed by atoms with Crippen LogP contribution in [0.1, 0.15) is 45.6 Å². The number of ether oxygens (including phenoxy) is 1. The number of piperidine rings is 1. The minimum atomic E-state index is -0.274. The summed E-state index contributed by atoms with van der Waals surface area (Å²) in [6.07, 6.45) is 1.55. The van der Waals surface area contributed by atoms with E-state index in [1.807, 2.05) is 45.0 Å². The SMILES string of the molecule is CN=C(NCCN1C(=O)CCCC1=O)NCc1ccccc1OC(C)(C)C.I. The van der Waals surface area contributed by atoms with Crippen LogP contribution >= 0.6 is 24.0 Å². The average Bonchev–Trinajstić information content (AvgIpc) is 2.60. The maximum absolute atomic E-state index is 11.8. The molecule has 0 aliphatic carbocycles. The van der Waals surface area contributed by atoms with E-state index in [0.29, 0.717) is 44.9 Å². The van der Waals surface area contributed by atoms with Crippen LogP contribution in [0.15, 0.2) is 29.3 Å². The molecule has 0 unspecified atom stereocenters. The van der Waals surface area contributed by atoms with Crippen molar-refractivity contribution in [3.05, 3.63) is 29.8 Å². The average molecular weight is 502 g/mol. The Bertz CT molecular complexity index is 685. The lowest BCUT2D eigenvalue weighted by molar-refractivity contribution is -0.147. The van der Waals surface area contributed by atoms with Crippen LogP contribution in [0, 0.1) is 0 Å². The molecule has 2 amide bonds. The fourth-order valence-corrected chi connectivity index (χ4v) is 2.81. The van der Waals surface area contributed by atoms with Crippen LogP contribution in [-0.2, 0) is 16.1 Å². The number of nitrogens with zero attached hydrogens (tertiary/aromatic N) is 2. The van der Waals surface area contributed by atoms with E-state index in [2.05, 4.69) is 15.6 Å². The van der Waals surface area contributed by atoms with Crippen molar-refractivity contribution in [2.24, 2.45) is 4.99 Å². The number of hydrogen-bond acceptors (Lipinski definition) is 4. The number of amides is 2. The normalized spacial score (nSPS) is 15.1. The number of hydrogen-bond donors (Lipinski definition) is 2. The minimum absolute atomic E-state index is 0. The fourth-order valence-electron chi connectivity index (χ4n) is 2.81. The molecule has 1 fully saturated rings. The first-order chi connectivity index (χ1) is 12.8. The first-order valence-corrected chi connectivity index (χ1v) is 9.35. The number of imide groups is 1. The number of likely N-dealkylation sites (tertiary alicyclic amines) is 1. The van der Waals surface area contributed by atoms with E-state index in [4.69, 9.17) is 4.74 Å². The predicted octanol–water partition coefficient (Wildman–Crippen LogP) is 2.69. The molecular weight excluding hydrogens is 471 g/mol. The number of aliphatic imine (C=N–C) groups is 1. The Labute approximate surface area is 184 Å². The third kappa shape index (κ3) is 7.65. The first-order valence-electron chi connectivity index (χ1n) is 9.35. The number of carbonyl (C=O) groups is 2.